The van der Waals surface area contributed by atoms with Gasteiger partial charge in [0.1, 0.15) is 0 Å². The Morgan fingerprint density at radius 2 is 2.00 bits per heavy atom. The number of fused-ring (bicyclic) bond motifs is 2. The second-order valence-electron chi connectivity index (χ2n) is 7.60. The van der Waals surface area contributed by atoms with E-state index in [0.717, 1.165) is 5.92 Å². The van der Waals surface area contributed by atoms with Gasteiger partial charge in [-0.05, 0) is 36.0 Å². The minimum Gasteiger partial charge on any atom is -0.369 e. The van der Waals surface area contributed by atoms with Gasteiger partial charge in [-0.1, -0.05) is 39.3 Å². The van der Waals surface area contributed by atoms with Crippen LogP contribution in [0.5, 0.6) is 0 Å². The average molecular weight is 218 g/mol. The molecule has 0 radical (unpaired) electrons. The van der Waals surface area contributed by atoms with Gasteiger partial charge in [0.2, 0.25) is 0 Å². The SMILES string of the molecule is CC1(C)CC2O[C@@H]2[C@@]23CC[C@@H](C=C12)C3(C)C. The van der Waals surface area contributed by atoms with E-state index in [1.165, 1.54) is 19.3 Å². The van der Waals surface area contributed by atoms with Gasteiger partial charge < -0.3 is 4.74 Å². The first-order valence-corrected chi connectivity index (χ1v) is 6.78. The Kier molecular flexibility index (Phi) is 1.39. The van der Waals surface area contributed by atoms with Gasteiger partial charge in [0.15, 0.2) is 0 Å². The van der Waals surface area contributed by atoms with Gasteiger partial charge in [0.25, 0.3) is 0 Å². The molecule has 4 rings (SSSR count). The molecular weight excluding hydrogens is 196 g/mol. The van der Waals surface area contributed by atoms with E-state index in [1.54, 1.807) is 5.57 Å². The second kappa shape index (κ2) is 2.29. The molecule has 0 amide bonds. The molecule has 3 aliphatic carbocycles. The number of allylic oxidation sites excluding steroid dienone is 1. The first kappa shape index (κ1) is 9.70. The lowest BCUT2D eigenvalue weighted by Crippen LogP contribution is -2.46. The van der Waals surface area contributed by atoms with E-state index < -0.39 is 0 Å². The second-order valence-corrected chi connectivity index (χ2v) is 7.60. The van der Waals surface area contributed by atoms with Crippen LogP contribution in [0.3, 0.4) is 0 Å². The average Bonchev–Trinajstić information content (AvgIpc) is 2.85. The molecule has 0 N–H and O–H groups in total. The topological polar surface area (TPSA) is 12.5 Å². The van der Waals surface area contributed by atoms with Gasteiger partial charge in [-0.15, -0.1) is 0 Å². The Morgan fingerprint density at radius 3 is 2.69 bits per heavy atom. The first-order chi connectivity index (χ1) is 7.39. The van der Waals surface area contributed by atoms with Gasteiger partial charge in [-0.25, -0.2) is 0 Å². The van der Waals surface area contributed by atoms with Crippen LogP contribution in [0, 0.1) is 22.2 Å². The summed E-state index contributed by atoms with van der Waals surface area (Å²) in [5.41, 5.74) is 2.98. The standard InChI is InChI=1S/C15H22O/c1-13(2)8-10-12(16-10)15-6-5-9(7-11(13)15)14(15,3)4/h7,9-10,12H,5-6,8H2,1-4H3/t9-,10?,12-,15+/m0/s1. The fourth-order valence-electron chi connectivity index (χ4n) is 5.36. The summed E-state index contributed by atoms with van der Waals surface area (Å²) in [4.78, 5) is 0. The third-order valence-corrected chi connectivity index (χ3v) is 6.28. The van der Waals surface area contributed by atoms with E-state index >= 15 is 0 Å². The van der Waals surface area contributed by atoms with E-state index in [4.69, 9.17) is 4.74 Å². The van der Waals surface area contributed by atoms with Crippen molar-refractivity contribution in [3.05, 3.63) is 11.6 Å². The van der Waals surface area contributed by atoms with Crippen molar-refractivity contribution in [2.24, 2.45) is 22.2 Å². The zero-order valence-corrected chi connectivity index (χ0v) is 10.8. The van der Waals surface area contributed by atoms with Crippen LogP contribution in [0.2, 0.25) is 0 Å². The van der Waals surface area contributed by atoms with E-state index in [1.807, 2.05) is 0 Å². The molecule has 2 saturated carbocycles. The maximum absolute atomic E-state index is 6.04. The number of hydrogen-bond donors (Lipinski definition) is 0. The van der Waals surface area contributed by atoms with Crippen molar-refractivity contribution in [2.45, 2.75) is 59.2 Å². The number of rotatable bonds is 0. The predicted octanol–water partition coefficient (Wildman–Crippen LogP) is 3.55. The first-order valence-electron chi connectivity index (χ1n) is 6.78. The molecule has 1 heteroatoms. The molecule has 4 atom stereocenters. The molecule has 3 fully saturated rings. The van der Waals surface area contributed by atoms with Crippen LogP contribution in [-0.2, 0) is 4.74 Å². The van der Waals surface area contributed by atoms with Crippen LogP contribution in [0.25, 0.3) is 0 Å². The summed E-state index contributed by atoms with van der Waals surface area (Å²) in [7, 11) is 0. The highest BCUT2D eigenvalue weighted by Gasteiger charge is 2.74. The minimum absolute atomic E-state index is 0.379. The lowest BCUT2D eigenvalue weighted by Gasteiger charge is -2.48. The van der Waals surface area contributed by atoms with Crippen LogP contribution < -0.4 is 0 Å². The van der Waals surface area contributed by atoms with Crippen molar-refractivity contribution >= 4 is 0 Å². The summed E-state index contributed by atoms with van der Waals surface area (Å²) in [6.45, 7) is 9.81. The Balaban J connectivity index is 1.94. The van der Waals surface area contributed by atoms with Gasteiger partial charge in [-0.2, -0.15) is 0 Å². The van der Waals surface area contributed by atoms with Crippen LogP contribution in [-0.4, -0.2) is 12.2 Å². The molecular formula is C15H22O. The smallest absolute Gasteiger partial charge is 0.0940 e. The highest BCUT2D eigenvalue weighted by atomic mass is 16.6. The van der Waals surface area contributed by atoms with Crippen LogP contribution in [0.4, 0.5) is 0 Å². The largest absolute Gasteiger partial charge is 0.369 e. The van der Waals surface area contributed by atoms with Crippen LogP contribution >= 0.6 is 0 Å². The fraction of sp³-hybridized carbons (Fsp3) is 0.867. The summed E-state index contributed by atoms with van der Waals surface area (Å²) in [5.74, 6) is 0.810. The van der Waals surface area contributed by atoms with E-state index in [9.17, 15) is 0 Å². The van der Waals surface area contributed by atoms with Gasteiger partial charge >= 0.3 is 0 Å². The lowest BCUT2D eigenvalue weighted by molar-refractivity contribution is 0.0844. The van der Waals surface area contributed by atoms with Crippen molar-refractivity contribution in [1.82, 2.24) is 0 Å². The summed E-state index contributed by atoms with van der Waals surface area (Å²) in [6, 6.07) is 0. The molecule has 0 aromatic rings. The molecule has 1 nitrogen and oxygen atoms in total. The Labute approximate surface area is 98.2 Å². The third-order valence-electron chi connectivity index (χ3n) is 6.28. The summed E-state index contributed by atoms with van der Waals surface area (Å²) < 4.78 is 6.04. The Hall–Kier alpha value is -0.300. The molecule has 1 unspecified atom stereocenters. The predicted molar refractivity (Wildman–Crippen MR) is 64.1 cm³/mol. The molecule has 1 saturated heterocycles. The van der Waals surface area contributed by atoms with Crippen molar-refractivity contribution in [2.75, 3.05) is 0 Å². The molecule has 0 aromatic heterocycles. The number of ether oxygens (including phenoxy) is 1. The summed E-state index contributed by atoms with van der Waals surface area (Å²) >= 11 is 0. The van der Waals surface area contributed by atoms with Crippen molar-refractivity contribution in [3.63, 3.8) is 0 Å². The van der Waals surface area contributed by atoms with Gasteiger partial charge in [0.05, 0.1) is 12.2 Å². The summed E-state index contributed by atoms with van der Waals surface area (Å²) in [5, 5.41) is 0. The van der Waals surface area contributed by atoms with E-state index in [0.29, 0.717) is 28.5 Å². The fourth-order valence-corrected chi connectivity index (χ4v) is 5.36. The maximum Gasteiger partial charge on any atom is 0.0940 e. The zero-order chi connectivity index (χ0) is 11.3. The zero-order valence-electron chi connectivity index (χ0n) is 10.8. The maximum atomic E-state index is 6.04. The van der Waals surface area contributed by atoms with Crippen molar-refractivity contribution < 1.29 is 4.74 Å². The Morgan fingerprint density at radius 1 is 1.25 bits per heavy atom. The van der Waals surface area contributed by atoms with Gasteiger partial charge in [-0.3, -0.25) is 0 Å². The molecule has 88 valence electrons. The highest BCUT2D eigenvalue weighted by Crippen LogP contribution is 2.76. The molecule has 16 heavy (non-hydrogen) atoms. The monoisotopic (exact) mass is 218 g/mol. The van der Waals surface area contributed by atoms with Crippen molar-refractivity contribution in [1.29, 1.82) is 0 Å². The minimum atomic E-state index is 0.379. The van der Waals surface area contributed by atoms with Gasteiger partial charge in [0, 0.05) is 5.41 Å². The quantitative estimate of drug-likeness (QED) is 0.447. The van der Waals surface area contributed by atoms with Crippen molar-refractivity contribution in [3.8, 4) is 0 Å². The molecule has 1 spiro atoms. The molecule has 1 heterocycles. The number of hydrogen-bond acceptors (Lipinski definition) is 1. The Bertz CT molecular complexity index is 404. The highest BCUT2D eigenvalue weighted by molar-refractivity contribution is 5.43. The van der Waals surface area contributed by atoms with Crippen LogP contribution in [0.1, 0.15) is 47.0 Å². The summed E-state index contributed by atoms with van der Waals surface area (Å²) in [6.07, 6.45) is 7.77. The molecule has 2 bridgehead atoms. The molecule has 0 aromatic carbocycles. The van der Waals surface area contributed by atoms with Crippen LogP contribution in [0.15, 0.2) is 11.6 Å². The third kappa shape index (κ3) is 0.766. The molecule has 1 aliphatic heterocycles. The van der Waals surface area contributed by atoms with E-state index in [-0.39, 0.29) is 0 Å². The number of epoxide rings is 1. The van der Waals surface area contributed by atoms with E-state index in [2.05, 4.69) is 33.8 Å². The normalized spacial score (nSPS) is 54.2. The molecule has 4 aliphatic rings. The lowest BCUT2D eigenvalue weighted by atomic mass is 9.54.